The number of hydrogen-bond donors (Lipinski definition) is 1. The molecule has 0 spiro atoms. The fraction of sp³-hybridized carbons (Fsp3) is 0.167. The Kier molecular flexibility index (Phi) is 7.21. The van der Waals surface area contributed by atoms with Crippen molar-refractivity contribution < 1.29 is 13.9 Å². The van der Waals surface area contributed by atoms with Gasteiger partial charge in [0.1, 0.15) is 17.3 Å². The fourth-order valence-corrected chi connectivity index (χ4v) is 3.83. The molecule has 168 valence electrons. The van der Waals surface area contributed by atoms with E-state index in [1.165, 1.54) is 18.0 Å². The Morgan fingerprint density at radius 3 is 2.61 bits per heavy atom. The first-order valence-electron chi connectivity index (χ1n) is 10.4. The zero-order valence-corrected chi connectivity index (χ0v) is 19.1. The van der Waals surface area contributed by atoms with Crippen LogP contribution in [0.1, 0.15) is 18.4 Å². The van der Waals surface area contributed by atoms with Crippen molar-refractivity contribution in [2.45, 2.75) is 19.0 Å². The molecule has 0 radical (unpaired) electrons. The van der Waals surface area contributed by atoms with Crippen molar-refractivity contribution in [3.8, 4) is 22.8 Å². The summed E-state index contributed by atoms with van der Waals surface area (Å²) in [7, 11) is 0. The molecule has 2 heterocycles. The minimum Gasteiger partial charge on any atom is -0.494 e. The summed E-state index contributed by atoms with van der Waals surface area (Å²) in [4.78, 5) is 12.3. The first kappa shape index (κ1) is 22.3. The highest BCUT2D eigenvalue weighted by molar-refractivity contribution is 7.99. The van der Waals surface area contributed by atoms with Crippen LogP contribution in [0.15, 0.2) is 81.4 Å². The molecule has 1 amide bonds. The zero-order valence-electron chi connectivity index (χ0n) is 18.3. The molecule has 0 aliphatic carbocycles. The number of amides is 1. The number of aromatic nitrogens is 3. The standard InChI is InChI=1S/C24H23N5O3S/c1-3-31-20-13-10-19(11-14-20)29-23(18-7-5-4-6-8-18)27-28-24(29)33-16-22(30)26-25-15-21-12-9-17(2)32-21/h4-15H,3,16H2,1-2H3,(H,26,30)/b25-15+. The molecule has 33 heavy (non-hydrogen) atoms. The molecule has 0 aliphatic heterocycles. The van der Waals surface area contributed by atoms with E-state index >= 15 is 0 Å². The van der Waals surface area contributed by atoms with Gasteiger partial charge in [0, 0.05) is 11.3 Å². The molecule has 4 rings (SSSR count). The molecule has 9 heteroatoms. The Hall–Kier alpha value is -3.85. The highest BCUT2D eigenvalue weighted by Gasteiger charge is 2.17. The number of hydrogen-bond acceptors (Lipinski definition) is 7. The predicted octanol–water partition coefficient (Wildman–Crippen LogP) is 4.48. The molecule has 4 aromatic rings. The summed E-state index contributed by atoms with van der Waals surface area (Å²) in [5, 5.41) is 13.3. The molecule has 2 aromatic heterocycles. The second-order valence-electron chi connectivity index (χ2n) is 6.96. The lowest BCUT2D eigenvalue weighted by Crippen LogP contribution is -2.19. The summed E-state index contributed by atoms with van der Waals surface area (Å²) >= 11 is 1.28. The van der Waals surface area contributed by atoms with E-state index in [9.17, 15) is 4.79 Å². The molecule has 0 fully saturated rings. The van der Waals surface area contributed by atoms with Crippen molar-refractivity contribution in [1.82, 2.24) is 20.2 Å². The third-order valence-corrected chi connectivity index (χ3v) is 5.47. The Bertz CT molecular complexity index is 1230. The minimum atomic E-state index is -0.262. The van der Waals surface area contributed by atoms with E-state index in [1.807, 2.05) is 79.1 Å². The second-order valence-corrected chi connectivity index (χ2v) is 7.91. The van der Waals surface area contributed by atoms with Gasteiger partial charge in [0.15, 0.2) is 11.0 Å². The molecule has 0 atom stereocenters. The van der Waals surface area contributed by atoms with Crippen LogP contribution in [-0.4, -0.2) is 39.2 Å². The van der Waals surface area contributed by atoms with Gasteiger partial charge in [-0.25, -0.2) is 5.43 Å². The number of rotatable bonds is 9. The van der Waals surface area contributed by atoms with Crippen LogP contribution in [0.4, 0.5) is 0 Å². The molecule has 0 aliphatic rings. The molecule has 8 nitrogen and oxygen atoms in total. The van der Waals surface area contributed by atoms with Crippen molar-refractivity contribution in [1.29, 1.82) is 0 Å². The van der Waals surface area contributed by atoms with Crippen LogP contribution in [-0.2, 0) is 4.79 Å². The van der Waals surface area contributed by atoms with E-state index in [-0.39, 0.29) is 11.7 Å². The summed E-state index contributed by atoms with van der Waals surface area (Å²) in [6.45, 7) is 4.39. The normalized spacial score (nSPS) is 11.1. The van der Waals surface area contributed by atoms with Crippen molar-refractivity contribution in [3.63, 3.8) is 0 Å². The summed E-state index contributed by atoms with van der Waals surface area (Å²) in [5.74, 6) is 2.69. The maximum Gasteiger partial charge on any atom is 0.250 e. The highest BCUT2D eigenvalue weighted by Crippen LogP contribution is 2.28. The quantitative estimate of drug-likeness (QED) is 0.224. The van der Waals surface area contributed by atoms with Crippen molar-refractivity contribution >= 4 is 23.9 Å². The van der Waals surface area contributed by atoms with Crippen LogP contribution in [0, 0.1) is 6.92 Å². The maximum absolute atomic E-state index is 12.3. The monoisotopic (exact) mass is 461 g/mol. The Morgan fingerprint density at radius 2 is 1.91 bits per heavy atom. The van der Waals surface area contributed by atoms with Gasteiger partial charge in [-0.3, -0.25) is 9.36 Å². The van der Waals surface area contributed by atoms with Crippen LogP contribution in [0.25, 0.3) is 17.1 Å². The van der Waals surface area contributed by atoms with Crippen LogP contribution in [0.3, 0.4) is 0 Å². The molecule has 0 unspecified atom stereocenters. The third-order valence-electron chi connectivity index (χ3n) is 4.55. The van der Waals surface area contributed by atoms with Crippen LogP contribution < -0.4 is 10.2 Å². The van der Waals surface area contributed by atoms with E-state index < -0.39 is 0 Å². The number of furan rings is 1. The van der Waals surface area contributed by atoms with Gasteiger partial charge < -0.3 is 9.15 Å². The van der Waals surface area contributed by atoms with Gasteiger partial charge in [-0.1, -0.05) is 42.1 Å². The van der Waals surface area contributed by atoms with E-state index in [2.05, 4.69) is 20.7 Å². The summed E-state index contributed by atoms with van der Waals surface area (Å²) < 4.78 is 12.9. The first-order valence-corrected chi connectivity index (χ1v) is 11.4. The molecule has 0 bridgehead atoms. The predicted molar refractivity (Wildman–Crippen MR) is 128 cm³/mol. The number of nitrogens with one attached hydrogen (secondary N) is 1. The SMILES string of the molecule is CCOc1ccc(-n2c(SCC(=O)N/N=C/c3ccc(C)o3)nnc2-c2ccccc2)cc1. The number of thioether (sulfide) groups is 1. The molecule has 0 saturated heterocycles. The number of hydrazone groups is 1. The summed E-state index contributed by atoms with van der Waals surface area (Å²) in [6, 6.07) is 21.1. The highest BCUT2D eigenvalue weighted by atomic mass is 32.2. The van der Waals surface area contributed by atoms with E-state index in [0.29, 0.717) is 23.3 Å². The lowest BCUT2D eigenvalue weighted by atomic mass is 10.2. The number of aryl methyl sites for hydroxylation is 1. The van der Waals surface area contributed by atoms with Gasteiger partial charge in [0.05, 0.1) is 18.6 Å². The Labute approximate surface area is 195 Å². The van der Waals surface area contributed by atoms with Gasteiger partial charge in [0.25, 0.3) is 5.91 Å². The third kappa shape index (κ3) is 5.69. The van der Waals surface area contributed by atoms with Crippen molar-refractivity contribution in [2.24, 2.45) is 5.10 Å². The summed E-state index contributed by atoms with van der Waals surface area (Å²) in [6.07, 6.45) is 1.46. The molecule has 1 N–H and O–H groups in total. The van der Waals surface area contributed by atoms with Crippen LogP contribution >= 0.6 is 11.8 Å². The zero-order chi connectivity index (χ0) is 23.0. The van der Waals surface area contributed by atoms with Gasteiger partial charge in [-0.15, -0.1) is 10.2 Å². The molecular weight excluding hydrogens is 438 g/mol. The van der Waals surface area contributed by atoms with Gasteiger partial charge in [-0.2, -0.15) is 5.10 Å². The lowest BCUT2D eigenvalue weighted by molar-refractivity contribution is -0.118. The maximum atomic E-state index is 12.3. The number of carbonyl (C=O) groups is 1. The topological polar surface area (TPSA) is 94.5 Å². The number of nitrogens with zero attached hydrogens (tertiary/aromatic N) is 4. The minimum absolute atomic E-state index is 0.123. The second kappa shape index (κ2) is 10.6. The molecule has 0 saturated carbocycles. The fourth-order valence-electron chi connectivity index (χ4n) is 3.08. The van der Waals surface area contributed by atoms with Crippen molar-refractivity contribution in [3.05, 3.63) is 78.3 Å². The Balaban J connectivity index is 1.52. The van der Waals surface area contributed by atoms with Crippen molar-refractivity contribution in [2.75, 3.05) is 12.4 Å². The van der Waals surface area contributed by atoms with E-state index in [4.69, 9.17) is 9.15 Å². The van der Waals surface area contributed by atoms with E-state index in [0.717, 1.165) is 22.8 Å². The van der Waals surface area contributed by atoms with E-state index in [1.54, 1.807) is 6.07 Å². The smallest absolute Gasteiger partial charge is 0.250 e. The van der Waals surface area contributed by atoms with Gasteiger partial charge in [0.2, 0.25) is 0 Å². The number of carbonyl (C=O) groups excluding carboxylic acids is 1. The first-order chi connectivity index (χ1) is 16.1. The molecular formula is C24H23N5O3S. The van der Waals surface area contributed by atoms with Crippen LogP contribution in [0.5, 0.6) is 5.75 Å². The Morgan fingerprint density at radius 1 is 1.12 bits per heavy atom. The average molecular weight is 462 g/mol. The number of ether oxygens (including phenoxy) is 1. The molecule has 2 aromatic carbocycles. The lowest BCUT2D eigenvalue weighted by Gasteiger charge is -2.11. The average Bonchev–Trinajstić information content (AvgIpc) is 3.45. The largest absolute Gasteiger partial charge is 0.494 e. The van der Waals surface area contributed by atoms with Gasteiger partial charge in [-0.05, 0) is 50.2 Å². The number of benzene rings is 2. The van der Waals surface area contributed by atoms with Crippen LogP contribution in [0.2, 0.25) is 0 Å². The summed E-state index contributed by atoms with van der Waals surface area (Å²) in [5.41, 5.74) is 4.30. The van der Waals surface area contributed by atoms with Gasteiger partial charge >= 0.3 is 0 Å².